The average Bonchev–Trinajstić information content (AvgIpc) is 2.63. The van der Waals surface area contributed by atoms with Crippen molar-refractivity contribution < 1.29 is 19.7 Å². The van der Waals surface area contributed by atoms with E-state index in [1.165, 1.54) is 0 Å². The van der Waals surface area contributed by atoms with Gasteiger partial charge in [0.05, 0.1) is 18.6 Å². The molecule has 0 spiro atoms. The first-order chi connectivity index (χ1) is 9.12. The Bertz CT molecular complexity index is 446. The Hall–Kier alpha value is -0.610. The minimum Gasteiger partial charge on any atom is -0.459 e. The first-order valence-corrected chi connectivity index (χ1v) is 7.70. The van der Waals surface area contributed by atoms with Gasteiger partial charge in [-0.1, -0.05) is 20.8 Å². The fourth-order valence-corrected chi connectivity index (χ4v) is 5.48. The quantitative estimate of drug-likeness (QED) is 0.666. The Balaban J connectivity index is 2.06. The van der Waals surface area contributed by atoms with Crippen molar-refractivity contribution in [3.05, 3.63) is 0 Å². The highest BCUT2D eigenvalue weighted by molar-refractivity contribution is 5.73. The number of carbonyl (C=O) groups excluding carboxylic acids is 1. The number of fused-ring (bicyclic) bond motifs is 3. The van der Waals surface area contributed by atoms with Crippen LogP contribution in [0.5, 0.6) is 0 Å². The number of carbonyl (C=O) groups is 1. The molecular formula is C16H26O4. The summed E-state index contributed by atoms with van der Waals surface area (Å²) in [5.74, 6) is 0.111. The van der Waals surface area contributed by atoms with Crippen molar-refractivity contribution in [2.24, 2.45) is 22.7 Å². The lowest BCUT2D eigenvalue weighted by atomic mass is 9.44. The van der Waals surface area contributed by atoms with Crippen molar-refractivity contribution in [3.63, 3.8) is 0 Å². The topological polar surface area (TPSA) is 66.8 Å². The SMILES string of the molecule is CC1(C)[C@@H](O)C[C@@H](O)[C@]2(C)[C@H]3CC(=O)O[C@]3(C)CC[C@@H]12. The third-order valence-corrected chi connectivity index (χ3v) is 6.81. The highest BCUT2D eigenvalue weighted by atomic mass is 16.6. The van der Waals surface area contributed by atoms with Crippen LogP contribution in [0.15, 0.2) is 0 Å². The van der Waals surface area contributed by atoms with E-state index >= 15 is 0 Å². The fraction of sp³-hybridized carbons (Fsp3) is 0.938. The summed E-state index contributed by atoms with van der Waals surface area (Å²) in [7, 11) is 0. The van der Waals surface area contributed by atoms with Crippen molar-refractivity contribution >= 4 is 5.97 Å². The molecule has 20 heavy (non-hydrogen) atoms. The second-order valence-electron chi connectivity index (χ2n) is 8.09. The molecule has 3 fully saturated rings. The lowest BCUT2D eigenvalue weighted by Gasteiger charge is -2.62. The molecule has 1 aliphatic heterocycles. The van der Waals surface area contributed by atoms with Gasteiger partial charge in [0.15, 0.2) is 0 Å². The van der Waals surface area contributed by atoms with Gasteiger partial charge in [-0.05, 0) is 31.1 Å². The van der Waals surface area contributed by atoms with E-state index in [2.05, 4.69) is 20.8 Å². The van der Waals surface area contributed by atoms with Gasteiger partial charge >= 0.3 is 5.97 Å². The molecule has 4 nitrogen and oxygen atoms in total. The van der Waals surface area contributed by atoms with E-state index in [4.69, 9.17) is 4.74 Å². The average molecular weight is 282 g/mol. The van der Waals surface area contributed by atoms with Gasteiger partial charge in [-0.15, -0.1) is 0 Å². The van der Waals surface area contributed by atoms with Crippen LogP contribution in [0.2, 0.25) is 0 Å². The Morgan fingerprint density at radius 2 is 1.75 bits per heavy atom. The predicted molar refractivity (Wildman–Crippen MR) is 73.8 cm³/mol. The maximum atomic E-state index is 11.8. The summed E-state index contributed by atoms with van der Waals surface area (Å²) in [5, 5.41) is 21.0. The summed E-state index contributed by atoms with van der Waals surface area (Å²) >= 11 is 0. The highest BCUT2D eigenvalue weighted by Crippen LogP contribution is 2.64. The second-order valence-corrected chi connectivity index (χ2v) is 8.09. The van der Waals surface area contributed by atoms with Crippen LogP contribution in [0, 0.1) is 22.7 Å². The first kappa shape index (κ1) is 14.3. The molecule has 0 radical (unpaired) electrons. The number of rotatable bonds is 0. The summed E-state index contributed by atoms with van der Waals surface area (Å²) in [6, 6.07) is 0. The Labute approximate surface area is 120 Å². The summed E-state index contributed by atoms with van der Waals surface area (Å²) in [5.41, 5.74) is -1.04. The summed E-state index contributed by atoms with van der Waals surface area (Å²) in [4.78, 5) is 11.8. The van der Waals surface area contributed by atoms with Crippen LogP contribution in [0.1, 0.15) is 53.4 Å². The molecule has 0 unspecified atom stereocenters. The molecule has 0 aromatic carbocycles. The van der Waals surface area contributed by atoms with Crippen LogP contribution in [0.3, 0.4) is 0 Å². The van der Waals surface area contributed by atoms with E-state index in [1.54, 1.807) is 0 Å². The van der Waals surface area contributed by atoms with Crippen LogP contribution in [-0.2, 0) is 9.53 Å². The van der Waals surface area contributed by atoms with Crippen molar-refractivity contribution in [3.8, 4) is 0 Å². The fourth-order valence-electron chi connectivity index (χ4n) is 5.48. The van der Waals surface area contributed by atoms with E-state index in [9.17, 15) is 15.0 Å². The number of hydrogen-bond donors (Lipinski definition) is 2. The summed E-state index contributed by atoms with van der Waals surface area (Å²) in [6.45, 7) is 8.29. The highest BCUT2D eigenvalue weighted by Gasteiger charge is 2.67. The number of hydrogen-bond acceptors (Lipinski definition) is 4. The second kappa shape index (κ2) is 3.98. The molecule has 3 rings (SSSR count). The minimum atomic E-state index is -0.574. The van der Waals surface area contributed by atoms with Crippen molar-refractivity contribution in [2.75, 3.05) is 0 Å². The molecule has 1 heterocycles. The van der Waals surface area contributed by atoms with Crippen LogP contribution >= 0.6 is 0 Å². The van der Waals surface area contributed by atoms with Gasteiger partial charge in [0.25, 0.3) is 0 Å². The Morgan fingerprint density at radius 1 is 1.10 bits per heavy atom. The predicted octanol–water partition coefficient (Wildman–Crippen LogP) is 1.88. The molecule has 4 heteroatoms. The minimum absolute atomic E-state index is 0.0445. The maximum absolute atomic E-state index is 11.8. The van der Waals surface area contributed by atoms with Crippen LogP contribution in [0.4, 0.5) is 0 Å². The molecule has 2 saturated carbocycles. The first-order valence-electron chi connectivity index (χ1n) is 7.70. The largest absolute Gasteiger partial charge is 0.459 e. The molecule has 1 saturated heterocycles. The van der Waals surface area contributed by atoms with Crippen LogP contribution in [0.25, 0.3) is 0 Å². The molecule has 2 N–H and O–H groups in total. The summed E-state index contributed by atoms with van der Waals surface area (Å²) < 4.78 is 5.60. The normalized spacial score (nSPS) is 54.0. The molecule has 2 aliphatic carbocycles. The van der Waals surface area contributed by atoms with Gasteiger partial charge in [0.2, 0.25) is 0 Å². The van der Waals surface area contributed by atoms with Gasteiger partial charge < -0.3 is 14.9 Å². The Morgan fingerprint density at radius 3 is 2.40 bits per heavy atom. The van der Waals surface area contributed by atoms with E-state index in [-0.39, 0.29) is 28.6 Å². The van der Waals surface area contributed by atoms with Crippen LogP contribution in [-0.4, -0.2) is 34.0 Å². The number of aliphatic hydroxyl groups excluding tert-OH is 2. The molecular weight excluding hydrogens is 256 g/mol. The molecule has 0 amide bonds. The van der Waals surface area contributed by atoms with E-state index in [1.807, 2.05) is 6.92 Å². The number of aliphatic hydroxyl groups is 2. The maximum Gasteiger partial charge on any atom is 0.306 e. The van der Waals surface area contributed by atoms with Gasteiger partial charge in [0.1, 0.15) is 5.60 Å². The lowest BCUT2D eigenvalue weighted by Crippen LogP contribution is -2.64. The Kier molecular flexibility index (Phi) is 2.85. The van der Waals surface area contributed by atoms with Gasteiger partial charge in [-0.25, -0.2) is 0 Å². The van der Waals surface area contributed by atoms with Gasteiger partial charge in [0, 0.05) is 17.8 Å². The molecule has 0 bridgehead atoms. The van der Waals surface area contributed by atoms with E-state index in [0.29, 0.717) is 12.8 Å². The molecule has 6 atom stereocenters. The third-order valence-electron chi connectivity index (χ3n) is 6.81. The smallest absolute Gasteiger partial charge is 0.306 e. The van der Waals surface area contributed by atoms with E-state index in [0.717, 1.165) is 12.8 Å². The summed E-state index contributed by atoms with van der Waals surface area (Å²) in [6.07, 6.45) is 1.44. The number of esters is 1. The zero-order valence-corrected chi connectivity index (χ0v) is 12.8. The molecule has 0 aromatic rings. The zero-order chi connectivity index (χ0) is 14.9. The zero-order valence-electron chi connectivity index (χ0n) is 12.8. The monoisotopic (exact) mass is 282 g/mol. The van der Waals surface area contributed by atoms with Crippen molar-refractivity contribution in [2.45, 2.75) is 71.2 Å². The standard InChI is InChI=1S/C16H26O4/c1-14(2)9-5-6-15(3)10(7-13(19)20-15)16(9,4)12(18)8-11(14)17/h9-12,17-18H,5-8H2,1-4H3/t9-,10-,11-,12+,15+,16-/m0/s1. The van der Waals surface area contributed by atoms with Gasteiger partial charge in [-0.2, -0.15) is 0 Å². The molecule has 3 aliphatic rings. The number of ether oxygens (including phenoxy) is 1. The molecule has 0 aromatic heterocycles. The van der Waals surface area contributed by atoms with Crippen LogP contribution < -0.4 is 0 Å². The molecule has 114 valence electrons. The van der Waals surface area contributed by atoms with Crippen molar-refractivity contribution in [1.82, 2.24) is 0 Å². The third kappa shape index (κ3) is 1.58. The van der Waals surface area contributed by atoms with Gasteiger partial charge in [-0.3, -0.25) is 4.79 Å². The van der Waals surface area contributed by atoms with E-state index < -0.39 is 17.8 Å². The lowest BCUT2D eigenvalue weighted by molar-refractivity contribution is -0.225. The van der Waals surface area contributed by atoms with Crippen molar-refractivity contribution in [1.29, 1.82) is 0 Å².